The Morgan fingerprint density at radius 1 is 1.41 bits per heavy atom. The Balaban J connectivity index is 3.75. The molecular weight excluding hydrogens is 214 g/mol. The van der Waals surface area contributed by atoms with Gasteiger partial charge in [0, 0.05) is 25.6 Å². The van der Waals surface area contributed by atoms with Gasteiger partial charge in [-0.3, -0.25) is 4.79 Å². The smallest absolute Gasteiger partial charge is 0.220 e. The molecule has 0 aliphatic heterocycles. The van der Waals surface area contributed by atoms with Gasteiger partial charge in [0.15, 0.2) is 0 Å². The molecule has 0 heterocycles. The molecule has 0 aromatic rings. The highest BCUT2D eigenvalue weighted by Crippen LogP contribution is 2.14. The average Bonchev–Trinajstić information content (AvgIpc) is 2.12. The van der Waals surface area contributed by atoms with Gasteiger partial charge in [-0.15, -0.1) is 0 Å². The molecule has 0 bridgehead atoms. The SMILES string of the molecule is CC(N)CCCC(=O)NCC(C)(C)CN(C)C. The molecule has 0 saturated heterocycles. The molecule has 0 saturated carbocycles. The van der Waals surface area contributed by atoms with Gasteiger partial charge < -0.3 is 16.0 Å². The van der Waals surface area contributed by atoms with Crippen molar-refractivity contribution in [3.8, 4) is 0 Å². The first-order valence-corrected chi connectivity index (χ1v) is 6.40. The third-order valence-corrected chi connectivity index (χ3v) is 2.57. The van der Waals surface area contributed by atoms with Crippen LogP contribution >= 0.6 is 0 Å². The second-order valence-electron chi connectivity index (χ2n) is 6.05. The molecule has 0 aliphatic rings. The topological polar surface area (TPSA) is 58.4 Å². The molecule has 0 fully saturated rings. The van der Waals surface area contributed by atoms with Crippen molar-refractivity contribution >= 4 is 5.91 Å². The zero-order valence-corrected chi connectivity index (χ0v) is 12.0. The van der Waals surface area contributed by atoms with Crippen LogP contribution in [0, 0.1) is 5.41 Å². The summed E-state index contributed by atoms with van der Waals surface area (Å²) in [6, 6.07) is 0.188. The van der Waals surface area contributed by atoms with E-state index in [1.807, 2.05) is 21.0 Å². The van der Waals surface area contributed by atoms with Gasteiger partial charge in [-0.05, 0) is 39.3 Å². The third kappa shape index (κ3) is 10.3. The fourth-order valence-electron chi connectivity index (χ4n) is 1.92. The van der Waals surface area contributed by atoms with Crippen molar-refractivity contribution in [2.45, 2.75) is 46.1 Å². The van der Waals surface area contributed by atoms with E-state index in [2.05, 4.69) is 24.1 Å². The summed E-state index contributed by atoms with van der Waals surface area (Å²) in [5, 5.41) is 3.00. The van der Waals surface area contributed by atoms with Crippen LogP contribution in [0.5, 0.6) is 0 Å². The summed E-state index contributed by atoms with van der Waals surface area (Å²) < 4.78 is 0. The highest BCUT2D eigenvalue weighted by atomic mass is 16.1. The molecule has 0 aliphatic carbocycles. The Bertz CT molecular complexity index is 225. The molecule has 1 unspecified atom stereocenters. The van der Waals surface area contributed by atoms with Crippen molar-refractivity contribution in [2.75, 3.05) is 27.2 Å². The second kappa shape index (κ2) is 7.67. The van der Waals surface area contributed by atoms with Crippen LogP contribution in [0.4, 0.5) is 0 Å². The summed E-state index contributed by atoms with van der Waals surface area (Å²) >= 11 is 0. The summed E-state index contributed by atoms with van der Waals surface area (Å²) in [6.45, 7) is 7.98. The van der Waals surface area contributed by atoms with E-state index in [1.54, 1.807) is 0 Å². The molecule has 3 N–H and O–H groups in total. The first kappa shape index (κ1) is 16.4. The summed E-state index contributed by atoms with van der Waals surface area (Å²) in [5.41, 5.74) is 5.75. The minimum atomic E-state index is 0.111. The fourth-order valence-corrected chi connectivity index (χ4v) is 1.92. The van der Waals surface area contributed by atoms with Crippen molar-refractivity contribution in [1.82, 2.24) is 10.2 Å². The van der Waals surface area contributed by atoms with E-state index in [-0.39, 0.29) is 17.4 Å². The minimum Gasteiger partial charge on any atom is -0.356 e. The molecular formula is C13H29N3O. The summed E-state index contributed by atoms with van der Waals surface area (Å²) in [4.78, 5) is 13.7. The quantitative estimate of drug-likeness (QED) is 0.673. The van der Waals surface area contributed by atoms with Crippen molar-refractivity contribution < 1.29 is 4.79 Å². The van der Waals surface area contributed by atoms with Crippen molar-refractivity contribution in [1.29, 1.82) is 0 Å². The van der Waals surface area contributed by atoms with E-state index in [0.29, 0.717) is 6.42 Å². The monoisotopic (exact) mass is 243 g/mol. The van der Waals surface area contributed by atoms with Gasteiger partial charge in [0.25, 0.3) is 0 Å². The second-order valence-corrected chi connectivity index (χ2v) is 6.05. The molecule has 102 valence electrons. The Hall–Kier alpha value is -0.610. The number of hydrogen-bond acceptors (Lipinski definition) is 3. The zero-order chi connectivity index (χ0) is 13.5. The van der Waals surface area contributed by atoms with Gasteiger partial charge in [0.1, 0.15) is 0 Å². The van der Waals surface area contributed by atoms with Crippen molar-refractivity contribution in [3.63, 3.8) is 0 Å². The lowest BCUT2D eigenvalue weighted by molar-refractivity contribution is -0.121. The Morgan fingerprint density at radius 2 is 2.00 bits per heavy atom. The van der Waals surface area contributed by atoms with Gasteiger partial charge in [-0.25, -0.2) is 0 Å². The molecule has 0 rings (SSSR count). The molecule has 0 aromatic heterocycles. The molecule has 17 heavy (non-hydrogen) atoms. The van der Waals surface area contributed by atoms with E-state index in [9.17, 15) is 4.79 Å². The maximum absolute atomic E-state index is 11.6. The van der Waals surface area contributed by atoms with E-state index >= 15 is 0 Å². The third-order valence-electron chi connectivity index (χ3n) is 2.57. The number of nitrogens with zero attached hydrogens (tertiary/aromatic N) is 1. The number of hydrogen-bond donors (Lipinski definition) is 2. The van der Waals surface area contributed by atoms with E-state index < -0.39 is 0 Å². The zero-order valence-electron chi connectivity index (χ0n) is 12.0. The van der Waals surface area contributed by atoms with E-state index in [1.165, 1.54) is 0 Å². The maximum atomic E-state index is 11.6. The molecule has 1 atom stereocenters. The Kier molecular flexibility index (Phi) is 7.39. The highest BCUT2D eigenvalue weighted by Gasteiger charge is 2.19. The maximum Gasteiger partial charge on any atom is 0.220 e. The minimum absolute atomic E-state index is 0.111. The van der Waals surface area contributed by atoms with Crippen molar-refractivity contribution in [3.05, 3.63) is 0 Å². The highest BCUT2D eigenvalue weighted by molar-refractivity contribution is 5.75. The van der Waals surface area contributed by atoms with Crippen LogP contribution in [-0.2, 0) is 4.79 Å². The van der Waals surface area contributed by atoms with E-state index in [4.69, 9.17) is 5.73 Å². The van der Waals surface area contributed by atoms with Crippen molar-refractivity contribution in [2.24, 2.45) is 11.1 Å². The number of rotatable bonds is 8. The molecule has 0 spiro atoms. The molecule has 4 nitrogen and oxygen atoms in total. The normalized spacial score (nSPS) is 13.8. The summed E-state index contributed by atoms with van der Waals surface area (Å²) in [6.07, 6.45) is 2.37. The Labute approximate surface area is 106 Å². The van der Waals surface area contributed by atoms with Gasteiger partial charge in [0.05, 0.1) is 0 Å². The molecule has 0 aromatic carbocycles. The summed E-state index contributed by atoms with van der Waals surface area (Å²) in [7, 11) is 4.10. The Morgan fingerprint density at radius 3 is 2.47 bits per heavy atom. The first-order chi connectivity index (χ1) is 7.73. The average molecular weight is 243 g/mol. The largest absolute Gasteiger partial charge is 0.356 e. The number of carbonyl (C=O) groups is 1. The fraction of sp³-hybridized carbons (Fsp3) is 0.923. The van der Waals surface area contributed by atoms with Gasteiger partial charge in [0.2, 0.25) is 5.91 Å². The standard InChI is InChI=1S/C13H29N3O/c1-11(14)7-6-8-12(17)15-9-13(2,3)10-16(4)5/h11H,6-10,14H2,1-5H3,(H,15,17). The van der Waals surface area contributed by atoms with Gasteiger partial charge in [-0.1, -0.05) is 13.8 Å². The molecule has 0 radical (unpaired) electrons. The predicted octanol–water partition coefficient (Wildman–Crippen LogP) is 1.21. The number of amides is 1. The lowest BCUT2D eigenvalue weighted by Gasteiger charge is -2.28. The van der Waals surface area contributed by atoms with Gasteiger partial charge >= 0.3 is 0 Å². The molecule has 1 amide bonds. The van der Waals surface area contributed by atoms with Crippen LogP contribution in [0.15, 0.2) is 0 Å². The lowest BCUT2D eigenvalue weighted by Crippen LogP contribution is -2.39. The van der Waals surface area contributed by atoms with Crippen LogP contribution in [-0.4, -0.2) is 44.0 Å². The number of nitrogens with one attached hydrogen (secondary N) is 1. The number of nitrogens with two attached hydrogens (primary N) is 1. The molecule has 4 heteroatoms. The van der Waals surface area contributed by atoms with Crippen LogP contribution in [0.25, 0.3) is 0 Å². The van der Waals surface area contributed by atoms with Gasteiger partial charge in [-0.2, -0.15) is 0 Å². The lowest BCUT2D eigenvalue weighted by atomic mass is 9.93. The van der Waals surface area contributed by atoms with Crippen LogP contribution < -0.4 is 11.1 Å². The van der Waals surface area contributed by atoms with E-state index in [0.717, 1.165) is 25.9 Å². The van der Waals surface area contributed by atoms with Crippen LogP contribution in [0.3, 0.4) is 0 Å². The van der Waals surface area contributed by atoms with Crippen LogP contribution in [0.1, 0.15) is 40.0 Å². The first-order valence-electron chi connectivity index (χ1n) is 6.40. The van der Waals surface area contributed by atoms with Crippen LogP contribution in [0.2, 0.25) is 0 Å². The predicted molar refractivity (Wildman–Crippen MR) is 72.8 cm³/mol. The number of carbonyl (C=O) groups excluding carboxylic acids is 1. The summed E-state index contributed by atoms with van der Waals surface area (Å²) in [5.74, 6) is 0.137.